The Morgan fingerprint density at radius 2 is 2.15 bits per heavy atom. The average Bonchev–Trinajstić information content (AvgIpc) is 3.09. The average molecular weight is 400 g/mol. The number of fused-ring (bicyclic) bond motifs is 1. The molecule has 0 radical (unpaired) electrons. The zero-order chi connectivity index (χ0) is 18.4. The molecule has 0 saturated carbocycles. The molecule has 0 bridgehead atoms. The normalized spacial score (nSPS) is 27.8. The topological polar surface area (TPSA) is 90.9 Å². The van der Waals surface area contributed by atoms with Gasteiger partial charge in [-0.2, -0.15) is 0 Å². The molecule has 0 spiro atoms. The SMILES string of the molecule is O=C(NCC1OC(=O)N2C[C@@H](c3c(O)ccc(Cl)c3Cl)C[C@@H]12)C1CNC1. The van der Waals surface area contributed by atoms with Crippen molar-refractivity contribution in [2.24, 2.45) is 5.92 Å². The van der Waals surface area contributed by atoms with E-state index in [0.717, 1.165) is 0 Å². The van der Waals surface area contributed by atoms with Gasteiger partial charge in [0.25, 0.3) is 0 Å². The van der Waals surface area contributed by atoms with Crippen LogP contribution < -0.4 is 10.6 Å². The predicted octanol–water partition coefficient (Wildman–Crippen LogP) is 1.71. The van der Waals surface area contributed by atoms with Crippen molar-refractivity contribution in [3.05, 3.63) is 27.7 Å². The summed E-state index contributed by atoms with van der Waals surface area (Å²) in [7, 11) is 0. The first-order chi connectivity index (χ1) is 12.5. The molecule has 3 aliphatic rings. The molecule has 3 heterocycles. The number of carbonyl (C=O) groups is 2. The fraction of sp³-hybridized carbons (Fsp3) is 0.529. The smallest absolute Gasteiger partial charge is 0.410 e. The quantitative estimate of drug-likeness (QED) is 0.716. The highest BCUT2D eigenvalue weighted by Gasteiger charge is 2.49. The van der Waals surface area contributed by atoms with Crippen LogP contribution in [0.4, 0.5) is 4.79 Å². The van der Waals surface area contributed by atoms with Crippen LogP contribution in [0.2, 0.25) is 10.0 Å². The van der Waals surface area contributed by atoms with Gasteiger partial charge in [0.2, 0.25) is 5.91 Å². The van der Waals surface area contributed by atoms with Gasteiger partial charge in [0, 0.05) is 31.1 Å². The third kappa shape index (κ3) is 2.98. The molecule has 3 saturated heterocycles. The predicted molar refractivity (Wildman–Crippen MR) is 95.6 cm³/mol. The first kappa shape index (κ1) is 17.7. The zero-order valence-corrected chi connectivity index (χ0v) is 15.4. The lowest BCUT2D eigenvalue weighted by atomic mass is 9.93. The Morgan fingerprint density at radius 3 is 2.85 bits per heavy atom. The highest BCUT2D eigenvalue weighted by Crippen LogP contribution is 2.45. The number of phenols is 1. The number of ether oxygens (including phenoxy) is 1. The molecule has 3 aliphatic heterocycles. The van der Waals surface area contributed by atoms with Crippen molar-refractivity contribution in [3.8, 4) is 5.75 Å². The van der Waals surface area contributed by atoms with Crippen LogP contribution in [-0.4, -0.2) is 60.3 Å². The number of cyclic esters (lactones) is 1. The Labute approximate surface area is 160 Å². The highest BCUT2D eigenvalue weighted by molar-refractivity contribution is 6.42. The second-order valence-corrected chi connectivity index (χ2v) is 7.75. The molecule has 4 rings (SSSR count). The van der Waals surface area contributed by atoms with Gasteiger partial charge in [-0.05, 0) is 18.6 Å². The maximum absolute atomic E-state index is 12.2. The lowest BCUT2D eigenvalue weighted by Crippen LogP contribution is -2.52. The first-order valence-corrected chi connectivity index (χ1v) is 9.34. The van der Waals surface area contributed by atoms with Gasteiger partial charge < -0.3 is 25.4 Å². The molecule has 1 unspecified atom stereocenters. The van der Waals surface area contributed by atoms with Gasteiger partial charge >= 0.3 is 6.09 Å². The molecule has 1 aromatic carbocycles. The van der Waals surface area contributed by atoms with E-state index in [1.165, 1.54) is 6.07 Å². The molecular formula is C17H19Cl2N3O4. The van der Waals surface area contributed by atoms with Crippen LogP contribution in [0.15, 0.2) is 12.1 Å². The summed E-state index contributed by atoms with van der Waals surface area (Å²) in [5.41, 5.74) is 0.560. The minimum atomic E-state index is -0.412. The molecule has 7 nitrogen and oxygen atoms in total. The fourth-order valence-corrected chi connectivity index (χ4v) is 4.33. The summed E-state index contributed by atoms with van der Waals surface area (Å²) in [4.78, 5) is 25.8. The number of benzene rings is 1. The summed E-state index contributed by atoms with van der Waals surface area (Å²) in [6.45, 7) is 2.04. The van der Waals surface area contributed by atoms with Gasteiger partial charge in [0.05, 0.1) is 28.5 Å². The number of nitrogens with zero attached hydrogens (tertiary/aromatic N) is 1. The highest BCUT2D eigenvalue weighted by atomic mass is 35.5. The van der Waals surface area contributed by atoms with Crippen LogP contribution in [0.1, 0.15) is 17.9 Å². The Hall–Kier alpha value is -1.70. The summed E-state index contributed by atoms with van der Waals surface area (Å²) in [6, 6.07) is 2.89. The number of amides is 2. The Balaban J connectivity index is 1.46. The van der Waals surface area contributed by atoms with Crippen LogP contribution in [0.25, 0.3) is 0 Å². The summed E-state index contributed by atoms with van der Waals surface area (Å²) >= 11 is 12.4. The van der Waals surface area contributed by atoms with Gasteiger partial charge in [-0.15, -0.1) is 0 Å². The summed E-state index contributed by atoms with van der Waals surface area (Å²) in [6.07, 6.45) is -0.227. The van der Waals surface area contributed by atoms with Crippen molar-refractivity contribution in [1.82, 2.24) is 15.5 Å². The van der Waals surface area contributed by atoms with Crippen LogP contribution >= 0.6 is 23.2 Å². The van der Waals surface area contributed by atoms with E-state index in [9.17, 15) is 14.7 Å². The molecule has 0 aromatic heterocycles. The third-order valence-corrected chi connectivity index (χ3v) is 6.23. The third-order valence-electron chi connectivity index (χ3n) is 5.41. The Morgan fingerprint density at radius 1 is 1.38 bits per heavy atom. The number of carbonyl (C=O) groups excluding carboxylic acids is 2. The van der Waals surface area contributed by atoms with Gasteiger partial charge in [-0.25, -0.2) is 4.79 Å². The van der Waals surface area contributed by atoms with Gasteiger partial charge in [-0.1, -0.05) is 23.2 Å². The Kier molecular flexibility index (Phi) is 4.62. The van der Waals surface area contributed by atoms with Crippen molar-refractivity contribution < 1.29 is 19.4 Å². The number of rotatable bonds is 4. The van der Waals surface area contributed by atoms with E-state index < -0.39 is 12.2 Å². The van der Waals surface area contributed by atoms with Crippen molar-refractivity contribution >= 4 is 35.2 Å². The largest absolute Gasteiger partial charge is 0.508 e. The number of phenolic OH excluding ortho intramolecular Hbond substituents is 1. The second kappa shape index (κ2) is 6.79. The van der Waals surface area contributed by atoms with Crippen LogP contribution in [0.5, 0.6) is 5.75 Å². The Bertz CT molecular complexity index is 756. The van der Waals surface area contributed by atoms with E-state index in [1.54, 1.807) is 11.0 Å². The van der Waals surface area contributed by atoms with E-state index in [-0.39, 0.29) is 36.1 Å². The monoisotopic (exact) mass is 399 g/mol. The maximum atomic E-state index is 12.2. The molecule has 3 atom stereocenters. The van der Waals surface area contributed by atoms with Crippen molar-refractivity contribution in [2.75, 3.05) is 26.2 Å². The van der Waals surface area contributed by atoms with Crippen LogP contribution in [-0.2, 0) is 9.53 Å². The zero-order valence-electron chi connectivity index (χ0n) is 13.9. The molecule has 1 aromatic rings. The molecule has 26 heavy (non-hydrogen) atoms. The lowest BCUT2D eigenvalue weighted by molar-refractivity contribution is -0.126. The molecule has 9 heteroatoms. The number of aromatic hydroxyl groups is 1. The molecule has 2 amide bonds. The van der Waals surface area contributed by atoms with E-state index in [1.807, 2.05) is 0 Å². The van der Waals surface area contributed by atoms with E-state index in [0.29, 0.717) is 41.7 Å². The number of hydrogen-bond donors (Lipinski definition) is 3. The number of nitrogens with one attached hydrogen (secondary N) is 2. The van der Waals surface area contributed by atoms with E-state index in [4.69, 9.17) is 27.9 Å². The summed E-state index contributed by atoms with van der Waals surface area (Å²) < 4.78 is 5.41. The molecule has 3 N–H and O–H groups in total. The van der Waals surface area contributed by atoms with Crippen LogP contribution in [0.3, 0.4) is 0 Å². The molecular weight excluding hydrogens is 381 g/mol. The van der Waals surface area contributed by atoms with Crippen molar-refractivity contribution in [3.63, 3.8) is 0 Å². The van der Waals surface area contributed by atoms with Crippen molar-refractivity contribution in [2.45, 2.75) is 24.5 Å². The minimum Gasteiger partial charge on any atom is -0.508 e. The van der Waals surface area contributed by atoms with Gasteiger partial charge in [-0.3, -0.25) is 4.79 Å². The van der Waals surface area contributed by atoms with Gasteiger partial charge in [0.15, 0.2) is 0 Å². The minimum absolute atomic E-state index is 0.0123. The summed E-state index contributed by atoms with van der Waals surface area (Å²) in [5.74, 6) is -0.0977. The number of hydrogen-bond acceptors (Lipinski definition) is 5. The first-order valence-electron chi connectivity index (χ1n) is 8.58. The van der Waals surface area contributed by atoms with E-state index >= 15 is 0 Å². The van der Waals surface area contributed by atoms with Gasteiger partial charge in [0.1, 0.15) is 11.9 Å². The fourth-order valence-electron chi connectivity index (χ4n) is 3.86. The van der Waals surface area contributed by atoms with Crippen molar-refractivity contribution in [1.29, 1.82) is 0 Å². The molecule has 140 valence electrons. The van der Waals surface area contributed by atoms with Crippen LogP contribution in [0, 0.1) is 5.92 Å². The lowest BCUT2D eigenvalue weighted by Gasteiger charge is -2.26. The maximum Gasteiger partial charge on any atom is 0.410 e. The standard InChI is InChI=1S/C17H19Cl2N3O4/c18-10-1-2-12(23)14(15(10)19)8-3-11-13(26-17(25)22(11)7-8)6-21-16(24)9-4-20-5-9/h1-2,8-9,11,13,20,23H,3-7H2,(H,21,24)/t8-,11-,13?/m0/s1. The molecule has 0 aliphatic carbocycles. The summed E-state index contributed by atoms with van der Waals surface area (Å²) in [5, 5.41) is 16.8. The molecule has 3 fully saturated rings. The van der Waals surface area contributed by atoms with E-state index in [2.05, 4.69) is 10.6 Å². The number of halogens is 2. The second-order valence-electron chi connectivity index (χ2n) is 6.97.